The smallest absolute Gasteiger partial charge is 0.389 e. The van der Waals surface area contributed by atoms with Crippen LogP contribution in [0.1, 0.15) is 139 Å². The zero-order chi connectivity index (χ0) is 42.2. The Morgan fingerprint density at radius 1 is 0.860 bits per heavy atom. The number of aliphatic hydroxyl groups excluding tert-OH is 1. The maximum Gasteiger partial charge on any atom is 0.389 e. The van der Waals surface area contributed by atoms with Crippen LogP contribution in [0.3, 0.4) is 0 Å². The summed E-state index contributed by atoms with van der Waals surface area (Å²) in [5.41, 5.74) is 8.91. The van der Waals surface area contributed by atoms with Crippen molar-refractivity contribution in [1.82, 2.24) is 14.6 Å². The summed E-state index contributed by atoms with van der Waals surface area (Å²) in [6.07, 6.45) is 16.8. The van der Waals surface area contributed by atoms with Crippen LogP contribution in [0.5, 0.6) is 5.75 Å². The van der Waals surface area contributed by atoms with Crippen LogP contribution in [0.15, 0.2) is 36.7 Å². The molecular weight excluding hydrogens is 760 g/mol. The summed E-state index contributed by atoms with van der Waals surface area (Å²) in [5, 5.41) is 28.2. The number of ether oxygens (including phenoxy) is 2. The maximum absolute atomic E-state index is 12.1. The van der Waals surface area contributed by atoms with E-state index in [1.807, 2.05) is 18.2 Å². The van der Waals surface area contributed by atoms with Crippen molar-refractivity contribution in [2.24, 2.45) is 0 Å². The van der Waals surface area contributed by atoms with E-state index in [4.69, 9.17) is 39.9 Å². The first-order chi connectivity index (χ1) is 27.6. The van der Waals surface area contributed by atoms with Gasteiger partial charge in [-0.15, -0.1) is 0 Å². The number of anilines is 1. The lowest BCUT2D eigenvalue weighted by molar-refractivity contribution is -0.135. The first kappa shape index (κ1) is 51.5. The fourth-order valence-electron chi connectivity index (χ4n) is 6.13. The number of benzene rings is 1. The summed E-state index contributed by atoms with van der Waals surface area (Å²) in [5.74, 6) is 0.998. The number of hydrogen-bond donors (Lipinski definition) is 3. The number of aryl methyl sites for hydroxylation is 1. The molecule has 3 aromatic rings. The van der Waals surface area contributed by atoms with Crippen molar-refractivity contribution in [1.29, 1.82) is 10.5 Å². The first-order valence-electron chi connectivity index (χ1n) is 20.0. The van der Waals surface area contributed by atoms with Gasteiger partial charge >= 0.3 is 14.8 Å². The molecule has 320 valence electrons. The minimum absolute atomic E-state index is 0.0745. The van der Waals surface area contributed by atoms with Gasteiger partial charge in [0, 0.05) is 31.4 Å². The van der Waals surface area contributed by atoms with Crippen LogP contribution < -0.4 is 10.5 Å². The third kappa shape index (κ3) is 24.1. The number of alkyl halides is 3. The summed E-state index contributed by atoms with van der Waals surface area (Å²) in [7, 11) is 1.23. The fraction of sp³-hybridized carbons (Fsp3) is 0.659. The van der Waals surface area contributed by atoms with Crippen molar-refractivity contribution >= 4 is 19.9 Å². The molecule has 2 atom stereocenters. The predicted molar refractivity (Wildman–Crippen MR) is 217 cm³/mol. The summed E-state index contributed by atoms with van der Waals surface area (Å²) in [6.45, 7) is 4.18. The monoisotopic (exact) mass is 824 g/mol. The van der Waals surface area contributed by atoms with Gasteiger partial charge in [0.1, 0.15) is 17.6 Å². The molecule has 0 aliphatic heterocycles. The molecule has 0 aliphatic carbocycles. The SMILES string of the molecule is C#N.COC(CCc1ccc2c(N)ncnn12)COP(O)OCCCCCCCCCCCCCCCCCCCC(F)(F)F.COc1cc(C#N)ccc1CO. The lowest BCUT2D eigenvalue weighted by atomic mass is 10.0. The molecule has 0 saturated heterocycles. The van der Waals surface area contributed by atoms with Gasteiger partial charge in [0.05, 0.1) is 44.7 Å². The number of halogens is 3. The van der Waals surface area contributed by atoms with Gasteiger partial charge in [-0.05, 0) is 49.9 Å². The Morgan fingerprint density at radius 3 is 1.93 bits per heavy atom. The van der Waals surface area contributed by atoms with Gasteiger partial charge in [-0.3, -0.25) is 0 Å². The molecule has 0 fully saturated rings. The number of nitrogens with zero attached hydrogens (tertiary/aromatic N) is 5. The third-order valence-electron chi connectivity index (χ3n) is 9.38. The van der Waals surface area contributed by atoms with Gasteiger partial charge in [-0.25, -0.2) is 14.8 Å². The Bertz CT molecular complexity index is 1520. The number of aromatic nitrogens is 3. The van der Waals surface area contributed by atoms with E-state index in [1.54, 1.807) is 29.8 Å². The van der Waals surface area contributed by atoms with Crippen LogP contribution in [-0.4, -0.2) is 64.3 Å². The van der Waals surface area contributed by atoms with E-state index >= 15 is 0 Å². The molecule has 0 saturated carbocycles. The zero-order valence-electron chi connectivity index (χ0n) is 33.8. The average molecular weight is 825 g/mol. The van der Waals surface area contributed by atoms with Crippen LogP contribution in [0, 0.1) is 23.2 Å². The van der Waals surface area contributed by atoms with Gasteiger partial charge in [0.25, 0.3) is 0 Å². The molecular formula is C41H64F3N6O6P. The molecule has 0 bridgehead atoms. The quantitative estimate of drug-likeness (QED) is 0.0448. The highest BCUT2D eigenvalue weighted by Crippen LogP contribution is 2.33. The van der Waals surface area contributed by atoms with Crippen LogP contribution in [0.2, 0.25) is 0 Å². The van der Waals surface area contributed by atoms with Gasteiger partial charge in [-0.1, -0.05) is 102 Å². The highest BCUT2D eigenvalue weighted by molar-refractivity contribution is 7.40. The van der Waals surface area contributed by atoms with Crippen molar-refractivity contribution < 1.29 is 41.7 Å². The molecule has 1 aromatic carbocycles. The number of nitriles is 2. The van der Waals surface area contributed by atoms with Gasteiger partial charge in [0.15, 0.2) is 5.82 Å². The topological polar surface area (TPSA) is 181 Å². The van der Waals surface area contributed by atoms with E-state index in [9.17, 15) is 18.1 Å². The number of aliphatic hydroxyl groups is 1. The van der Waals surface area contributed by atoms with Crippen LogP contribution in [0.25, 0.3) is 5.52 Å². The predicted octanol–water partition coefficient (Wildman–Crippen LogP) is 10.3. The van der Waals surface area contributed by atoms with Gasteiger partial charge in [0.2, 0.25) is 0 Å². The Labute approximate surface area is 338 Å². The zero-order valence-corrected chi connectivity index (χ0v) is 34.7. The van der Waals surface area contributed by atoms with Crippen molar-refractivity contribution in [2.75, 3.05) is 33.2 Å². The molecule has 4 N–H and O–H groups in total. The molecule has 2 aromatic heterocycles. The van der Waals surface area contributed by atoms with Crippen molar-refractivity contribution in [3.63, 3.8) is 0 Å². The van der Waals surface area contributed by atoms with Crippen molar-refractivity contribution in [2.45, 2.75) is 147 Å². The number of fused-ring (bicyclic) bond motifs is 1. The molecule has 2 heterocycles. The van der Waals surface area contributed by atoms with Crippen molar-refractivity contribution in [3.05, 3.63) is 53.5 Å². The number of hydrogen-bond acceptors (Lipinski definition) is 11. The Balaban J connectivity index is 0.000000977. The van der Waals surface area contributed by atoms with Gasteiger partial charge in [-0.2, -0.15) is 23.5 Å². The van der Waals surface area contributed by atoms with E-state index in [1.165, 1.54) is 77.6 Å². The van der Waals surface area contributed by atoms with Crippen LogP contribution >= 0.6 is 8.60 Å². The summed E-state index contributed by atoms with van der Waals surface area (Å²) in [4.78, 5) is 14.1. The van der Waals surface area contributed by atoms with E-state index in [2.05, 4.69) is 16.7 Å². The maximum atomic E-state index is 12.1. The second-order valence-corrected chi connectivity index (χ2v) is 14.7. The number of rotatable bonds is 29. The molecule has 0 aliphatic rings. The third-order valence-corrected chi connectivity index (χ3v) is 10.2. The number of nitrogen functional groups attached to an aromatic ring is 1. The summed E-state index contributed by atoms with van der Waals surface area (Å²) < 4.78 is 59.5. The van der Waals surface area contributed by atoms with E-state index in [0.717, 1.165) is 49.7 Å². The van der Waals surface area contributed by atoms with Crippen molar-refractivity contribution in [3.8, 4) is 18.4 Å². The lowest BCUT2D eigenvalue weighted by Gasteiger charge is -2.17. The minimum atomic E-state index is -4.00. The number of methoxy groups -OCH3 is 2. The number of unbranched alkanes of at least 4 members (excludes halogenated alkanes) is 16. The highest BCUT2D eigenvalue weighted by atomic mass is 31.2. The fourth-order valence-corrected chi connectivity index (χ4v) is 6.78. The summed E-state index contributed by atoms with van der Waals surface area (Å²) >= 11 is 0. The minimum Gasteiger partial charge on any atom is -0.496 e. The molecule has 12 nitrogen and oxygen atoms in total. The molecule has 2 unspecified atom stereocenters. The highest BCUT2D eigenvalue weighted by Gasteiger charge is 2.25. The second kappa shape index (κ2) is 32.4. The van der Waals surface area contributed by atoms with E-state index in [-0.39, 0.29) is 25.7 Å². The first-order valence-corrected chi connectivity index (χ1v) is 21.1. The van der Waals surface area contributed by atoms with Gasteiger partial charge < -0.3 is 34.3 Å². The van der Waals surface area contributed by atoms with E-state index < -0.39 is 21.2 Å². The van der Waals surface area contributed by atoms with E-state index in [0.29, 0.717) is 42.1 Å². The Morgan fingerprint density at radius 2 is 1.42 bits per heavy atom. The summed E-state index contributed by atoms with van der Waals surface area (Å²) in [6, 6.07) is 10.8. The lowest BCUT2D eigenvalue weighted by Crippen LogP contribution is -2.18. The van der Waals surface area contributed by atoms with Crippen LogP contribution in [-0.2, 0) is 26.8 Å². The molecule has 16 heteroatoms. The molecule has 0 spiro atoms. The average Bonchev–Trinajstić information content (AvgIpc) is 3.64. The Hall–Kier alpha value is -3.56. The van der Waals surface area contributed by atoms with Crippen LogP contribution in [0.4, 0.5) is 19.0 Å². The normalized spacial score (nSPS) is 12.2. The number of nitrogens with two attached hydrogens (primary N) is 1. The second-order valence-electron chi connectivity index (χ2n) is 13.7. The largest absolute Gasteiger partial charge is 0.496 e. The Kier molecular flexibility index (Phi) is 29.3. The molecule has 0 radical (unpaired) electrons. The standard InChI is InChI=1S/C31H54F3N4O4P.C9H9NO2.CHN/c1-40-28(21-19-27-20-22-29-30(35)36-26-37-38(27)29)25-42-43(39)41-24-18-16-14-12-10-8-6-4-2-3-5-7-9-11-13-15-17-23-31(32,33)34;1-12-9-4-7(5-10)2-3-8(9)6-11;1-2/h20,22,26,28,39H,2-19,21,23-25H2,1H3,(H2,35,36,37);2-4,11H,6H2,1H3;1H. The molecule has 57 heavy (non-hydrogen) atoms. The molecule has 0 amide bonds. The molecule has 3 rings (SSSR count).